The average Bonchev–Trinajstić information content (AvgIpc) is 2.34. The molecule has 1 rings (SSSR count). The Hall–Kier alpha value is -0.120. The Bertz CT molecular complexity index is 236. The molecule has 0 radical (unpaired) electrons. The third-order valence-electron chi connectivity index (χ3n) is 1.38. The van der Waals surface area contributed by atoms with Crippen molar-refractivity contribution in [3.8, 4) is 0 Å². The zero-order chi connectivity index (χ0) is 8.43. The second-order valence-electron chi connectivity index (χ2n) is 2.69. The summed E-state index contributed by atoms with van der Waals surface area (Å²) in [5.41, 5.74) is 0. The number of aliphatic hydroxyl groups excluding tert-OH is 1. The molecule has 1 aromatic heterocycles. The number of nitrogens with zero attached hydrogens (tertiary/aromatic N) is 1. The van der Waals surface area contributed by atoms with Gasteiger partial charge in [0.1, 0.15) is 15.4 Å². The third kappa shape index (κ3) is 2.15. The Morgan fingerprint density at radius 3 is 2.64 bits per heavy atom. The van der Waals surface area contributed by atoms with Crippen LogP contribution in [0.3, 0.4) is 0 Å². The highest BCUT2D eigenvalue weighted by molar-refractivity contribution is 7.15. The maximum atomic E-state index is 9.50. The van der Waals surface area contributed by atoms with Crippen molar-refractivity contribution in [2.45, 2.75) is 20.0 Å². The molecule has 1 aromatic rings. The molecular weight excluding hydrogens is 182 g/mol. The Balaban J connectivity index is 2.76. The van der Waals surface area contributed by atoms with Gasteiger partial charge in [0.2, 0.25) is 0 Å². The third-order valence-corrected chi connectivity index (χ3v) is 2.57. The van der Waals surface area contributed by atoms with Crippen LogP contribution < -0.4 is 0 Å². The van der Waals surface area contributed by atoms with E-state index in [0.29, 0.717) is 9.34 Å². The van der Waals surface area contributed by atoms with Crippen molar-refractivity contribution in [3.63, 3.8) is 0 Å². The lowest BCUT2D eigenvalue weighted by atomic mass is 10.1. The fourth-order valence-corrected chi connectivity index (χ4v) is 1.78. The van der Waals surface area contributed by atoms with Crippen LogP contribution in [0.5, 0.6) is 0 Å². The van der Waals surface area contributed by atoms with Crippen molar-refractivity contribution in [2.75, 3.05) is 0 Å². The smallest absolute Gasteiger partial charge is 0.123 e. The summed E-state index contributed by atoms with van der Waals surface area (Å²) in [7, 11) is 0. The summed E-state index contributed by atoms with van der Waals surface area (Å²) >= 11 is 6.98. The molecule has 1 heterocycles. The van der Waals surface area contributed by atoms with E-state index in [1.807, 2.05) is 13.8 Å². The summed E-state index contributed by atoms with van der Waals surface area (Å²) in [5, 5.41) is 10.2. The van der Waals surface area contributed by atoms with Gasteiger partial charge in [-0.15, -0.1) is 11.3 Å². The molecule has 1 atom stereocenters. The first-order valence-electron chi connectivity index (χ1n) is 3.40. The minimum Gasteiger partial charge on any atom is -0.386 e. The molecule has 0 spiro atoms. The zero-order valence-electron chi connectivity index (χ0n) is 6.41. The van der Waals surface area contributed by atoms with Crippen LogP contribution in [-0.2, 0) is 0 Å². The molecule has 0 aromatic carbocycles. The lowest BCUT2D eigenvalue weighted by Gasteiger charge is -2.09. The van der Waals surface area contributed by atoms with Crippen molar-refractivity contribution in [1.29, 1.82) is 0 Å². The van der Waals surface area contributed by atoms with Gasteiger partial charge in [0.05, 0.1) is 6.20 Å². The lowest BCUT2D eigenvalue weighted by Crippen LogP contribution is -2.04. The quantitative estimate of drug-likeness (QED) is 0.779. The van der Waals surface area contributed by atoms with E-state index in [2.05, 4.69) is 4.98 Å². The molecule has 4 heteroatoms. The number of aliphatic hydroxyl groups is 1. The first-order chi connectivity index (χ1) is 5.11. The molecular formula is C7H10ClNOS. The van der Waals surface area contributed by atoms with E-state index >= 15 is 0 Å². The topological polar surface area (TPSA) is 33.1 Å². The average molecular weight is 192 g/mol. The van der Waals surface area contributed by atoms with Gasteiger partial charge in [-0.1, -0.05) is 25.4 Å². The van der Waals surface area contributed by atoms with Gasteiger partial charge in [0.15, 0.2) is 0 Å². The minimum atomic E-state index is -0.479. The second kappa shape index (κ2) is 3.52. The highest BCUT2D eigenvalue weighted by Gasteiger charge is 2.15. The van der Waals surface area contributed by atoms with Crippen LogP contribution in [0.4, 0.5) is 0 Å². The molecule has 0 saturated carbocycles. The lowest BCUT2D eigenvalue weighted by molar-refractivity contribution is 0.126. The molecule has 1 unspecified atom stereocenters. The van der Waals surface area contributed by atoms with Gasteiger partial charge in [-0.3, -0.25) is 0 Å². The van der Waals surface area contributed by atoms with E-state index in [1.165, 1.54) is 11.3 Å². The fraction of sp³-hybridized carbons (Fsp3) is 0.571. The van der Waals surface area contributed by atoms with Gasteiger partial charge in [-0.05, 0) is 5.92 Å². The summed E-state index contributed by atoms with van der Waals surface area (Å²) < 4.78 is 0.625. The van der Waals surface area contributed by atoms with E-state index in [0.717, 1.165) is 0 Å². The van der Waals surface area contributed by atoms with Crippen LogP contribution in [0.25, 0.3) is 0 Å². The van der Waals surface area contributed by atoms with Crippen molar-refractivity contribution in [2.24, 2.45) is 5.92 Å². The fourth-order valence-electron chi connectivity index (χ4n) is 0.689. The first-order valence-corrected chi connectivity index (χ1v) is 4.60. The summed E-state index contributed by atoms with van der Waals surface area (Å²) in [6, 6.07) is 0. The second-order valence-corrected chi connectivity index (χ2v) is 4.38. The molecule has 0 aliphatic carbocycles. The van der Waals surface area contributed by atoms with Crippen molar-refractivity contribution >= 4 is 22.9 Å². The van der Waals surface area contributed by atoms with Crippen LogP contribution >= 0.6 is 22.9 Å². The monoisotopic (exact) mass is 191 g/mol. The molecule has 0 aliphatic heterocycles. The Morgan fingerprint density at radius 1 is 1.64 bits per heavy atom. The Morgan fingerprint density at radius 2 is 2.27 bits per heavy atom. The largest absolute Gasteiger partial charge is 0.386 e. The van der Waals surface area contributed by atoms with E-state index in [-0.39, 0.29) is 5.92 Å². The molecule has 0 fully saturated rings. The molecule has 1 N–H and O–H groups in total. The Labute approximate surface area is 74.8 Å². The van der Waals surface area contributed by atoms with Crippen molar-refractivity contribution in [1.82, 2.24) is 4.98 Å². The van der Waals surface area contributed by atoms with Gasteiger partial charge >= 0.3 is 0 Å². The molecule has 0 bridgehead atoms. The number of halogens is 1. The summed E-state index contributed by atoms with van der Waals surface area (Å²) in [5.74, 6) is 0.192. The van der Waals surface area contributed by atoms with Gasteiger partial charge in [0.25, 0.3) is 0 Å². The van der Waals surface area contributed by atoms with Crippen molar-refractivity contribution < 1.29 is 5.11 Å². The van der Waals surface area contributed by atoms with E-state index in [4.69, 9.17) is 11.6 Å². The zero-order valence-corrected chi connectivity index (χ0v) is 7.99. The van der Waals surface area contributed by atoms with Gasteiger partial charge in [0, 0.05) is 0 Å². The molecule has 62 valence electrons. The van der Waals surface area contributed by atoms with Crippen LogP contribution in [0.2, 0.25) is 4.34 Å². The Kier molecular flexibility index (Phi) is 2.87. The molecule has 0 saturated heterocycles. The standard InChI is InChI=1S/C7H10ClNOS/c1-4(2)6(10)7-9-3-5(8)11-7/h3-4,6,10H,1-2H3. The SMILES string of the molecule is CC(C)C(O)c1ncc(Cl)s1. The molecule has 0 aliphatic rings. The van der Waals surface area contributed by atoms with Gasteiger partial charge in [-0.25, -0.2) is 4.98 Å². The maximum absolute atomic E-state index is 9.50. The maximum Gasteiger partial charge on any atom is 0.123 e. The number of hydrogen-bond acceptors (Lipinski definition) is 3. The van der Waals surface area contributed by atoms with Crippen molar-refractivity contribution in [3.05, 3.63) is 15.5 Å². The summed E-state index contributed by atoms with van der Waals surface area (Å²) in [6.45, 7) is 3.89. The summed E-state index contributed by atoms with van der Waals surface area (Å²) in [6.07, 6.45) is 1.08. The van der Waals surface area contributed by atoms with Crippen LogP contribution in [0, 0.1) is 5.92 Å². The van der Waals surface area contributed by atoms with E-state index in [1.54, 1.807) is 6.20 Å². The normalized spacial score (nSPS) is 13.9. The minimum absolute atomic E-state index is 0.192. The molecule has 0 amide bonds. The predicted octanol–water partition coefficient (Wildman–Crippen LogP) is 2.49. The van der Waals surface area contributed by atoms with Gasteiger partial charge in [-0.2, -0.15) is 0 Å². The first kappa shape index (κ1) is 8.97. The molecule has 11 heavy (non-hydrogen) atoms. The highest BCUT2D eigenvalue weighted by atomic mass is 35.5. The predicted molar refractivity (Wildman–Crippen MR) is 46.9 cm³/mol. The van der Waals surface area contributed by atoms with Gasteiger partial charge < -0.3 is 5.11 Å². The van der Waals surface area contributed by atoms with Crippen LogP contribution in [-0.4, -0.2) is 10.1 Å². The number of rotatable bonds is 2. The summed E-state index contributed by atoms with van der Waals surface area (Å²) in [4.78, 5) is 3.97. The van der Waals surface area contributed by atoms with Crippen LogP contribution in [0.15, 0.2) is 6.20 Å². The number of thiazole rings is 1. The van der Waals surface area contributed by atoms with Crippen LogP contribution in [0.1, 0.15) is 25.0 Å². The molecule has 2 nitrogen and oxygen atoms in total. The number of hydrogen-bond donors (Lipinski definition) is 1. The highest BCUT2D eigenvalue weighted by Crippen LogP contribution is 2.27. The van der Waals surface area contributed by atoms with E-state index < -0.39 is 6.10 Å². The van der Waals surface area contributed by atoms with E-state index in [9.17, 15) is 5.11 Å². The number of aromatic nitrogens is 1.